The third-order valence-electron chi connectivity index (χ3n) is 3.47. The summed E-state index contributed by atoms with van der Waals surface area (Å²) < 4.78 is 0. The molecule has 0 fully saturated rings. The van der Waals surface area contributed by atoms with E-state index in [2.05, 4.69) is 54.5 Å². The van der Waals surface area contributed by atoms with E-state index in [1.165, 1.54) is 11.3 Å². The lowest BCUT2D eigenvalue weighted by Crippen LogP contribution is -2.21. The fourth-order valence-electron chi connectivity index (χ4n) is 2.27. The standard InChI is InChI=1S/C17H23N3/c1-14-8-6-11-16(18)17(14)19-12-7-13-20(2)15-9-4-3-5-10-15/h3-6,8-11,19H,7,12-13,18H2,1-2H3. The van der Waals surface area contributed by atoms with E-state index in [9.17, 15) is 0 Å². The summed E-state index contributed by atoms with van der Waals surface area (Å²) in [4.78, 5) is 2.27. The van der Waals surface area contributed by atoms with Crippen LogP contribution in [0.3, 0.4) is 0 Å². The third kappa shape index (κ3) is 3.67. The first-order valence-electron chi connectivity index (χ1n) is 7.03. The first-order valence-corrected chi connectivity index (χ1v) is 7.03. The zero-order valence-electron chi connectivity index (χ0n) is 12.3. The molecule has 2 aromatic rings. The summed E-state index contributed by atoms with van der Waals surface area (Å²) in [5.41, 5.74) is 10.3. The van der Waals surface area contributed by atoms with E-state index >= 15 is 0 Å². The molecule has 0 unspecified atom stereocenters. The van der Waals surface area contributed by atoms with Gasteiger partial charge in [0.05, 0.1) is 11.4 Å². The number of nitrogens with zero attached hydrogens (tertiary/aromatic N) is 1. The fourth-order valence-corrected chi connectivity index (χ4v) is 2.27. The summed E-state index contributed by atoms with van der Waals surface area (Å²) in [5.74, 6) is 0. The van der Waals surface area contributed by atoms with Crippen LogP contribution in [0, 0.1) is 6.92 Å². The Morgan fingerprint density at radius 3 is 2.50 bits per heavy atom. The highest BCUT2D eigenvalue weighted by molar-refractivity contribution is 5.69. The lowest BCUT2D eigenvalue weighted by Gasteiger charge is -2.20. The molecule has 0 atom stereocenters. The predicted octanol–water partition coefficient (Wildman–Crippen LogP) is 3.52. The van der Waals surface area contributed by atoms with Crippen molar-refractivity contribution in [1.29, 1.82) is 0 Å². The molecule has 0 radical (unpaired) electrons. The van der Waals surface area contributed by atoms with Gasteiger partial charge >= 0.3 is 0 Å². The number of hydrogen-bond acceptors (Lipinski definition) is 3. The Balaban J connectivity index is 1.80. The van der Waals surface area contributed by atoms with Crippen LogP contribution in [0.2, 0.25) is 0 Å². The maximum Gasteiger partial charge on any atom is 0.0603 e. The van der Waals surface area contributed by atoms with Crippen LogP contribution in [0.1, 0.15) is 12.0 Å². The number of benzene rings is 2. The van der Waals surface area contributed by atoms with Gasteiger partial charge in [0.1, 0.15) is 0 Å². The Bertz CT molecular complexity index is 517. The molecule has 106 valence electrons. The van der Waals surface area contributed by atoms with Crippen LogP contribution in [0.4, 0.5) is 17.1 Å². The molecule has 0 saturated carbocycles. The molecule has 0 spiro atoms. The molecule has 0 aliphatic carbocycles. The second-order valence-electron chi connectivity index (χ2n) is 5.08. The molecular weight excluding hydrogens is 246 g/mol. The number of nitrogen functional groups attached to an aromatic ring is 1. The van der Waals surface area contributed by atoms with Crippen molar-refractivity contribution in [3.63, 3.8) is 0 Å². The fraction of sp³-hybridized carbons (Fsp3) is 0.294. The van der Waals surface area contributed by atoms with Gasteiger partial charge in [-0.2, -0.15) is 0 Å². The van der Waals surface area contributed by atoms with Crippen molar-refractivity contribution < 1.29 is 0 Å². The first kappa shape index (κ1) is 14.3. The molecule has 3 N–H and O–H groups in total. The third-order valence-corrected chi connectivity index (χ3v) is 3.47. The Morgan fingerprint density at radius 2 is 1.80 bits per heavy atom. The number of para-hydroxylation sites is 2. The minimum absolute atomic E-state index is 0.821. The van der Waals surface area contributed by atoms with E-state index in [0.717, 1.165) is 30.9 Å². The molecule has 0 bridgehead atoms. The van der Waals surface area contributed by atoms with Gasteiger partial charge in [-0.25, -0.2) is 0 Å². The van der Waals surface area contributed by atoms with Crippen molar-refractivity contribution in [3.05, 3.63) is 54.1 Å². The SMILES string of the molecule is Cc1cccc(N)c1NCCCN(C)c1ccccc1. The molecular formula is C17H23N3. The molecule has 0 saturated heterocycles. The van der Waals surface area contributed by atoms with Crippen LogP contribution in [-0.4, -0.2) is 20.1 Å². The van der Waals surface area contributed by atoms with Crippen molar-refractivity contribution >= 4 is 17.1 Å². The number of anilines is 3. The average molecular weight is 269 g/mol. The van der Waals surface area contributed by atoms with Crippen molar-refractivity contribution in [2.45, 2.75) is 13.3 Å². The topological polar surface area (TPSA) is 41.3 Å². The Labute approximate surface area is 121 Å². The van der Waals surface area contributed by atoms with Crippen LogP contribution in [-0.2, 0) is 0 Å². The number of nitrogens with one attached hydrogen (secondary N) is 1. The van der Waals surface area contributed by atoms with Crippen molar-refractivity contribution in [2.24, 2.45) is 0 Å². The molecule has 0 heterocycles. The van der Waals surface area contributed by atoms with E-state index in [1.54, 1.807) is 0 Å². The van der Waals surface area contributed by atoms with Crippen LogP contribution in [0.5, 0.6) is 0 Å². The van der Waals surface area contributed by atoms with E-state index in [0.29, 0.717) is 0 Å². The molecule has 3 heteroatoms. The number of hydrogen-bond donors (Lipinski definition) is 2. The largest absolute Gasteiger partial charge is 0.397 e. The number of aryl methyl sites for hydroxylation is 1. The highest BCUT2D eigenvalue weighted by Gasteiger charge is 2.02. The second kappa shape index (κ2) is 6.85. The van der Waals surface area contributed by atoms with Crippen LogP contribution < -0.4 is 16.0 Å². The first-order chi connectivity index (χ1) is 9.68. The van der Waals surface area contributed by atoms with Gasteiger partial charge in [-0.15, -0.1) is 0 Å². The van der Waals surface area contributed by atoms with Gasteiger partial charge in [-0.1, -0.05) is 30.3 Å². The molecule has 3 nitrogen and oxygen atoms in total. The predicted molar refractivity (Wildman–Crippen MR) is 88.4 cm³/mol. The van der Waals surface area contributed by atoms with Crippen molar-refractivity contribution in [1.82, 2.24) is 0 Å². The Hall–Kier alpha value is -2.16. The van der Waals surface area contributed by atoms with Crippen LogP contribution in [0.15, 0.2) is 48.5 Å². The Kier molecular flexibility index (Phi) is 4.88. The van der Waals surface area contributed by atoms with Gasteiger partial charge in [0.25, 0.3) is 0 Å². The maximum absolute atomic E-state index is 5.98. The molecule has 2 aromatic carbocycles. The van der Waals surface area contributed by atoms with Crippen LogP contribution in [0.25, 0.3) is 0 Å². The molecule has 0 aliphatic rings. The van der Waals surface area contributed by atoms with Gasteiger partial charge in [0, 0.05) is 25.8 Å². The summed E-state index contributed by atoms with van der Waals surface area (Å²) in [7, 11) is 2.12. The molecule has 0 aliphatic heterocycles. The van der Waals surface area contributed by atoms with Crippen LogP contribution >= 0.6 is 0 Å². The summed E-state index contributed by atoms with van der Waals surface area (Å²) in [6.07, 6.45) is 1.07. The van der Waals surface area contributed by atoms with Gasteiger partial charge in [-0.3, -0.25) is 0 Å². The van der Waals surface area contributed by atoms with Gasteiger partial charge in [0.15, 0.2) is 0 Å². The lowest BCUT2D eigenvalue weighted by atomic mass is 10.1. The average Bonchev–Trinajstić information content (AvgIpc) is 2.46. The van der Waals surface area contributed by atoms with E-state index in [1.807, 2.05) is 18.2 Å². The second-order valence-corrected chi connectivity index (χ2v) is 5.08. The van der Waals surface area contributed by atoms with Gasteiger partial charge < -0.3 is 16.0 Å². The van der Waals surface area contributed by atoms with E-state index in [-0.39, 0.29) is 0 Å². The summed E-state index contributed by atoms with van der Waals surface area (Å²) in [6.45, 7) is 4.02. The minimum Gasteiger partial charge on any atom is -0.397 e. The number of nitrogens with two attached hydrogens (primary N) is 1. The van der Waals surface area contributed by atoms with E-state index in [4.69, 9.17) is 5.73 Å². The van der Waals surface area contributed by atoms with Gasteiger partial charge in [0.2, 0.25) is 0 Å². The Morgan fingerprint density at radius 1 is 1.05 bits per heavy atom. The summed E-state index contributed by atoms with van der Waals surface area (Å²) in [6, 6.07) is 16.4. The molecule has 20 heavy (non-hydrogen) atoms. The summed E-state index contributed by atoms with van der Waals surface area (Å²) >= 11 is 0. The zero-order valence-corrected chi connectivity index (χ0v) is 12.3. The van der Waals surface area contributed by atoms with Crippen molar-refractivity contribution in [2.75, 3.05) is 36.1 Å². The minimum atomic E-state index is 0.821. The summed E-state index contributed by atoms with van der Waals surface area (Å²) in [5, 5.41) is 3.44. The highest BCUT2D eigenvalue weighted by atomic mass is 15.1. The molecule has 2 rings (SSSR count). The van der Waals surface area contributed by atoms with Gasteiger partial charge in [-0.05, 0) is 37.1 Å². The van der Waals surface area contributed by atoms with E-state index < -0.39 is 0 Å². The lowest BCUT2D eigenvalue weighted by molar-refractivity contribution is 0.816. The monoisotopic (exact) mass is 269 g/mol. The zero-order chi connectivity index (χ0) is 14.4. The molecule has 0 aromatic heterocycles. The molecule has 0 amide bonds. The number of rotatable bonds is 6. The quantitative estimate of drug-likeness (QED) is 0.623. The van der Waals surface area contributed by atoms with Crippen molar-refractivity contribution in [3.8, 4) is 0 Å². The highest BCUT2D eigenvalue weighted by Crippen LogP contribution is 2.22. The normalized spacial score (nSPS) is 10.3. The maximum atomic E-state index is 5.98. The smallest absolute Gasteiger partial charge is 0.0603 e.